The van der Waals surface area contributed by atoms with Gasteiger partial charge in [0.15, 0.2) is 0 Å². The fourth-order valence-electron chi connectivity index (χ4n) is 7.65. The van der Waals surface area contributed by atoms with E-state index in [1.165, 1.54) is 123 Å². The van der Waals surface area contributed by atoms with E-state index in [1.54, 1.807) is 0 Å². The molecule has 7 aliphatic heterocycles. The molecule has 1 saturated carbocycles. The molecule has 0 amide bonds. The first-order valence-electron chi connectivity index (χ1n) is 20.4. The molecular weight excluding hydrogens is 1150 g/mol. The summed E-state index contributed by atoms with van der Waals surface area (Å²) in [6.45, 7) is 0. The lowest BCUT2D eigenvalue weighted by Gasteiger charge is -2.12. The number of thiophene rings is 1. The van der Waals surface area contributed by atoms with E-state index in [0.29, 0.717) is 0 Å². The fourth-order valence-corrected chi connectivity index (χ4v) is 30.3. The van der Waals surface area contributed by atoms with E-state index in [-0.39, 0.29) is 0 Å². The minimum atomic E-state index is 1.31. The lowest BCUT2D eigenvalue weighted by Crippen LogP contribution is -1.90. The Kier molecular flexibility index (Phi) is 13.9. The van der Waals surface area contributed by atoms with Crippen LogP contribution < -0.4 is 0 Å². The van der Waals surface area contributed by atoms with Gasteiger partial charge in [0.05, 0.1) is 46.6 Å². The Morgan fingerprint density at radius 1 is 0.313 bits per heavy atom. The standard InChI is InChI=1S/C50H28S17/c1-51-47-48(52-2)65-37(64-47)23-25-19-20-26(53-25)24-38-66-49-50(67-38)63-36(62-49)22-21-27-39(43-54-28-11-3-4-12-29(28)55-43)41(45-58-32-15-7-8-16-33(32)59-45)42(46-60-34-17-9-10-18-35(34)61-46)40(27)44-56-30-13-5-6-14-31(30)57-44/h3-24H,1-2H3. The molecule has 0 bridgehead atoms. The zero-order valence-electron chi connectivity index (χ0n) is 34.6. The van der Waals surface area contributed by atoms with Gasteiger partial charge in [-0.2, -0.15) is 0 Å². The lowest BCUT2D eigenvalue weighted by atomic mass is 10.1. The Morgan fingerprint density at radius 2 is 0.627 bits per heavy atom. The summed E-state index contributed by atoms with van der Waals surface area (Å²) in [5.41, 5.74) is 6.83. The SMILES string of the molecule is CSC1=C(SC)SC(=Cc2ccc(C=C3SC4=C(SC(=CC=C5C(=C6Sc7ccccc7S6)C(=C6Sc7ccccc7S6)C(=C6Sc7ccccc7S6)C5=C5Sc6ccccc6S5)S4)S3)s2)S1. The van der Waals surface area contributed by atoms with E-state index in [4.69, 9.17) is 0 Å². The first-order chi connectivity index (χ1) is 33.0. The Balaban J connectivity index is 0.889. The van der Waals surface area contributed by atoms with Gasteiger partial charge in [-0.15, -0.1) is 34.9 Å². The molecule has 5 aromatic rings. The first-order valence-corrected chi connectivity index (χ1v) is 35.1. The van der Waals surface area contributed by atoms with Gasteiger partial charge >= 0.3 is 0 Å². The Labute approximate surface area is 462 Å². The molecule has 17 heteroatoms. The van der Waals surface area contributed by atoms with Gasteiger partial charge in [-0.05, 0) is 97.0 Å². The number of allylic oxidation sites excluding steroid dienone is 7. The van der Waals surface area contributed by atoms with Gasteiger partial charge in [-0.1, -0.05) is 219 Å². The third kappa shape index (κ3) is 9.22. The van der Waals surface area contributed by atoms with Crippen molar-refractivity contribution in [2.24, 2.45) is 0 Å². The van der Waals surface area contributed by atoms with Crippen molar-refractivity contribution >= 4 is 212 Å². The van der Waals surface area contributed by atoms with Crippen molar-refractivity contribution in [2.75, 3.05) is 12.5 Å². The number of rotatable bonds is 5. The van der Waals surface area contributed by atoms with E-state index >= 15 is 0 Å². The topological polar surface area (TPSA) is 0 Å². The molecule has 0 radical (unpaired) electrons. The maximum atomic E-state index is 2.49. The second-order valence-corrected chi connectivity index (χ2v) is 35.0. The highest BCUT2D eigenvalue weighted by Gasteiger charge is 2.44. The molecule has 8 aliphatic rings. The molecule has 1 aliphatic carbocycles. The molecule has 0 N–H and O–H groups in total. The van der Waals surface area contributed by atoms with Crippen molar-refractivity contribution in [1.29, 1.82) is 0 Å². The van der Waals surface area contributed by atoms with Crippen LogP contribution >= 0.6 is 200 Å². The average molecular weight is 1170 g/mol. The highest BCUT2D eigenvalue weighted by atomic mass is 32.3. The third-order valence-electron chi connectivity index (χ3n) is 10.5. The van der Waals surface area contributed by atoms with Gasteiger partial charge in [0.25, 0.3) is 0 Å². The summed E-state index contributed by atoms with van der Waals surface area (Å²) < 4.78 is 15.2. The van der Waals surface area contributed by atoms with E-state index < -0.39 is 0 Å². The van der Waals surface area contributed by atoms with Crippen molar-refractivity contribution in [3.05, 3.63) is 206 Å². The summed E-state index contributed by atoms with van der Waals surface area (Å²) in [5, 5.41) is 0. The van der Waals surface area contributed by atoms with Crippen LogP contribution in [0.25, 0.3) is 12.2 Å². The predicted octanol–water partition coefficient (Wildman–Crippen LogP) is 22.0. The van der Waals surface area contributed by atoms with Crippen LogP contribution in [0.1, 0.15) is 9.75 Å². The Hall–Kier alpha value is -0.420. The van der Waals surface area contributed by atoms with Gasteiger partial charge in [0, 0.05) is 71.2 Å². The lowest BCUT2D eigenvalue weighted by molar-refractivity contribution is 1.27. The van der Waals surface area contributed by atoms with E-state index in [2.05, 4.69) is 146 Å². The van der Waals surface area contributed by atoms with Crippen molar-refractivity contribution in [3.8, 4) is 0 Å². The number of hydrogen-bond donors (Lipinski definition) is 0. The Morgan fingerprint density at radius 3 is 0.970 bits per heavy atom. The maximum absolute atomic E-state index is 2.49. The number of fused-ring (bicyclic) bond motifs is 4. The van der Waals surface area contributed by atoms with Crippen LogP contribution in [0.4, 0.5) is 0 Å². The van der Waals surface area contributed by atoms with Gasteiger partial charge in [-0.25, -0.2) is 0 Å². The minimum Gasteiger partial charge on any atom is -0.136 e. The van der Waals surface area contributed by atoms with Gasteiger partial charge in [0.1, 0.15) is 0 Å². The number of thioether (sulfide) groups is 16. The van der Waals surface area contributed by atoms with Crippen molar-refractivity contribution in [3.63, 3.8) is 0 Å². The first kappa shape index (κ1) is 46.4. The normalized spacial score (nSPS) is 19.5. The predicted molar refractivity (Wildman–Crippen MR) is 324 cm³/mol. The maximum Gasteiger partial charge on any atom is 0.0716 e. The molecule has 1 fully saturated rings. The van der Waals surface area contributed by atoms with E-state index in [9.17, 15) is 0 Å². The van der Waals surface area contributed by atoms with Crippen LogP contribution in [-0.2, 0) is 0 Å². The largest absolute Gasteiger partial charge is 0.136 e. The van der Waals surface area contributed by atoms with Crippen LogP contribution in [-0.4, -0.2) is 12.5 Å². The number of hydrogen-bond acceptors (Lipinski definition) is 17. The molecule has 13 rings (SSSR count). The van der Waals surface area contributed by atoms with Gasteiger partial charge in [-0.3, -0.25) is 0 Å². The summed E-state index contributed by atoms with van der Waals surface area (Å²) in [4.78, 5) is 13.3. The quantitative estimate of drug-likeness (QED) is 0.164. The molecule has 4 aromatic carbocycles. The van der Waals surface area contributed by atoms with E-state index in [0.717, 1.165) is 0 Å². The summed E-state index contributed by atoms with van der Waals surface area (Å²) in [7, 11) is 0. The van der Waals surface area contributed by atoms with Crippen LogP contribution in [0.5, 0.6) is 0 Å². The smallest absolute Gasteiger partial charge is 0.0716 e. The molecular formula is C50H28S17. The highest BCUT2D eigenvalue weighted by molar-refractivity contribution is 8.48. The van der Waals surface area contributed by atoms with E-state index in [1.807, 2.05) is 200 Å². The average Bonchev–Trinajstić information content (AvgIpc) is 4.20. The monoisotopic (exact) mass is 1170 g/mol. The Bertz CT molecular complexity index is 3040. The second kappa shape index (κ2) is 20.1. The molecule has 8 heterocycles. The second-order valence-electron chi connectivity index (χ2n) is 14.7. The summed E-state index contributed by atoms with van der Waals surface area (Å²) in [6.07, 6.45) is 14.0. The van der Waals surface area contributed by atoms with Crippen molar-refractivity contribution < 1.29 is 0 Å². The molecule has 0 nitrogen and oxygen atoms in total. The molecule has 67 heavy (non-hydrogen) atoms. The molecule has 1 aromatic heterocycles. The summed E-state index contributed by atoms with van der Waals surface area (Å²) in [6, 6.07) is 40.4. The molecule has 0 spiro atoms. The molecule has 0 saturated heterocycles. The van der Waals surface area contributed by atoms with Crippen LogP contribution in [0, 0.1) is 0 Å². The fraction of sp³-hybridized carbons (Fsp3) is 0.0400. The van der Waals surface area contributed by atoms with Gasteiger partial charge in [0.2, 0.25) is 0 Å². The molecule has 0 atom stereocenters. The van der Waals surface area contributed by atoms with Gasteiger partial charge < -0.3 is 0 Å². The van der Waals surface area contributed by atoms with Crippen LogP contribution in [0.2, 0.25) is 0 Å². The highest BCUT2D eigenvalue weighted by Crippen LogP contribution is 2.70. The zero-order valence-corrected chi connectivity index (χ0v) is 48.5. The van der Waals surface area contributed by atoms with Crippen molar-refractivity contribution in [2.45, 2.75) is 39.2 Å². The minimum absolute atomic E-state index is 1.31. The third-order valence-corrected chi connectivity index (χ3v) is 32.2. The number of benzene rings is 4. The summed E-state index contributed by atoms with van der Waals surface area (Å²) >= 11 is 32.7. The van der Waals surface area contributed by atoms with Crippen molar-refractivity contribution in [1.82, 2.24) is 0 Å². The van der Waals surface area contributed by atoms with Crippen LogP contribution in [0.3, 0.4) is 0 Å². The van der Waals surface area contributed by atoms with Crippen LogP contribution in [0.15, 0.2) is 235 Å². The molecule has 0 unspecified atom stereocenters. The zero-order chi connectivity index (χ0) is 44.6. The summed E-state index contributed by atoms with van der Waals surface area (Å²) in [5.74, 6) is 0. The molecule has 330 valence electrons.